The van der Waals surface area contributed by atoms with Gasteiger partial charge in [-0.3, -0.25) is 4.79 Å². The van der Waals surface area contributed by atoms with Gasteiger partial charge in [-0.1, -0.05) is 0 Å². The lowest BCUT2D eigenvalue weighted by molar-refractivity contribution is -0.138. The van der Waals surface area contributed by atoms with Crippen molar-refractivity contribution in [2.45, 2.75) is 6.18 Å². The number of halogens is 4. The fourth-order valence-electron chi connectivity index (χ4n) is 0.899. The van der Waals surface area contributed by atoms with Gasteiger partial charge in [-0.05, 0) is 17.7 Å². The zero-order valence-corrected chi connectivity index (χ0v) is 7.73. The van der Waals surface area contributed by atoms with Gasteiger partial charge in [0.1, 0.15) is 11.8 Å². The van der Waals surface area contributed by atoms with Crippen molar-refractivity contribution in [1.29, 1.82) is 5.26 Å². The molecule has 0 aliphatic carbocycles. The summed E-state index contributed by atoms with van der Waals surface area (Å²) in [6, 6.07) is 2.02. The van der Waals surface area contributed by atoms with E-state index in [0.717, 1.165) is 6.20 Å². The molecule has 0 saturated carbocycles. The van der Waals surface area contributed by atoms with E-state index >= 15 is 0 Å². The first-order chi connectivity index (χ1) is 6.86. The van der Waals surface area contributed by atoms with E-state index in [9.17, 15) is 18.0 Å². The molecular formula is C8H2ClF3N2O. The van der Waals surface area contributed by atoms with Crippen molar-refractivity contribution < 1.29 is 18.0 Å². The molecule has 1 aromatic heterocycles. The lowest BCUT2D eigenvalue weighted by Gasteiger charge is -2.08. The Morgan fingerprint density at radius 3 is 2.53 bits per heavy atom. The molecule has 0 spiro atoms. The molecule has 78 valence electrons. The fourth-order valence-corrected chi connectivity index (χ4v) is 1.05. The van der Waals surface area contributed by atoms with Crippen LogP contribution >= 0.6 is 11.6 Å². The highest BCUT2D eigenvalue weighted by atomic mass is 35.5. The second-order valence-corrected chi connectivity index (χ2v) is 2.85. The maximum atomic E-state index is 12.4. The first kappa shape index (κ1) is 11.5. The summed E-state index contributed by atoms with van der Waals surface area (Å²) >= 11 is 4.93. The summed E-state index contributed by atoms with van der Waals surface area (Å²) in [6.07, 6.45) is -3.91. The van der Waals surface area contributed by atoms with Gasteiger partial charge in [0.05, 0.1) is 11.1 Å². The lowest BCUT2D eigenvalue weighted by atomic mass is 10.1. The summed E-state index contributed by atoms with van der Waals surface area (Å²) in [7, 11) is 0. The fraction of sp³-hybridized carbons (Fsp3) is 0.125. The Morgan fingerprint density at radius 1 is 1.53 bits per heavy atom. The van der Waals surface area contributed by atoms with Crippen molar-refractivity contribution in [3.8, 4) is 6.07 Å². The Bertz CT molecular complexity index is 450. The van der Waals surface area contributed by atoms with E-state index in [1.807, 2.05) is 0 Å². The molecule has 0 aromatic carbocycles. The van der Waals surface area contributed by atoms with Crippen LogP contribution in [0, 0.1) is 11.3 Å². The highest BCUT2D eigenvalue weighted by Gasteiger charge is 2.36. The molecule has 1 rings (SSSR count). The van der Waals surface area contributed by atoms with Gasteiger partial charge in [0.25, 0.3) is 5.24 Å². The zero-order valence-electron chi connectivity index (χ0n) is 6.97. The molecule has 0 N–H and O–H groups in total. The van der Waals surface area contributed by atoms with Crippen molar-refractivity contribution in [2.75, 3.05) is 0 Å². The van der Waals surface area contributed by atoms with Crippen LogP contribution in [0.1, 0.15) is 21.6 Å². The number of alkyl halides is 3. The third-order valence-corrected chi connectivity index (χ3v) is 1.69. The predicted octanol–water partition coefficient (Wildman–Crippen LogP) is 2.35. The Kier molecular flexibility index (Phi) is 2.95. The number of nitriles is 1. The van der Waals surface area contributed by atoms with Gasteiger partial charge < -0.3 is 0 Å². The van der Waals surface area contributed by atoms with Crippen LogP contribution in [0.3, 0.4) is 0 Å². The van der Waals surface area contributed by atoms with Crippen molar-refractivity contribution in [2.24, 2.45) is 0 Å². The molecule has 7 heteroatoms. The van der Waals surface area contributed by atoms with Crippen molar-refractivity contribution in [3.63, 3.8) is 0 Å². The third kappa shape index (κ3) is 2.44. The van der Waals surface area contributed by atoms with Gasteiger partial charge in [-0.25, -0.2) is 4.98 Å². The first-order valence-electron chi connectivity index (χ1n) is 3.53. The summed E-state index contributed by atoms with van der Waals surface area (Å²) in [5.41, 5.74) is -2.49. The second kappa shape index (κ2) is 3.87. The summed E-state index contributed by atoms with van der Waals surface area (Å²) in [5.74, 6) is 0. The number of pyridine rings is 1. The van der Waals surface area contributed by atoms with Gasteiger partial charge in [0.2, 0.25) is 0 Å². The highest BCUT2D eigenvalue weighted by molar-refractivity contribution is 6.67. The predicted molar refractivity (Wildman–Crippen MR) is 44.1 cm³/mol. The molecular weight excluding hydrogens is 233 g/mol. The number of rotatable bonds is 1. The molecule has 3 nitrogen and oxygen atoms in total. The van der Waals surface area contributed by atoms with Crippen LogP contribution in [-0.4, -0.2) is 10.2 Å². The standard InChI is InChI=1S/C8H2ClF3N2O/c9-7(15)6-5(8(10,11)12)1-4(2-13)3-14-6/h1,3H. The number of carbonyl (C=O) groups excluding carboxylic acids is 1. The van der Waals surface area contributed by atoms with Crippen LogP contribution < -0.4 is 0 Å². The zero-order chi connectivity index (χ0) is 11.6. The van der Waals surface area contributed by atoms with Crippen LogP contribution in [0.2, 0.25) is 0 Å². The summed E-state index contributed by atoms with van der Waals surface area (Å²) in [5, 5.41) is 7.07. The lowest BCUT2D eigenvalue weighted by Crippen LogP contribution is -2.13. The van der Waals surface area contributed by atoms with E-state index in [1.54, 1.807) is 0 Å². The third-order valence-electron chi connectivity index (χ3n) is 1.51. The highest BCUT2D eigenvalue weighted by Crippen LogP contribution is 2.32. The first-order valence-corrected chi connectivity index (χ1v) is 3.91. The van der Waals surface area contributed by atoms with E-state index in [1.165, 1.54) is 6.07 Å². The molecule has 0 aliphatic rings. The Labute approximate surface area is 87.1 Å². The Morgan fingerprint density at radius 2 is 2.13 bits per heavy atom. The average molecular weight is 235 g/mol. The van der Waals surface area contributed by atoms with Crippen LogP contribution in [-0.2, 0) is 6.18 Å². The Hall–Kier alpha value is -1.61. The number of nitrogens with zero attached hydrogens (tertiary/aromatic N) is 2. The second-order valence-electron chi connectivity index (χ2n) is 2.50. The van der Waals surface area contributed by atoms with Crippen molar-refractivity contribution in [1.82, 2.24) is 4.98 Å². The minimum atomic E-state index is -4.76. The van der Waals surface area contributed by atoms with Gasteiger partial charge in [-0.2, -0.15) is 18.4 Å². The minimum absolute atomic E-state index is 0.288. The van der Waals surface area contributed by atoms with E-state index < -0.39 is 22.7 Å². The van der Waals surface area contributed by atoms with Gasteiger partial charge in [0.15, 0.2) is 0 Å². The van der Waals surface area contributed by atoms with Gasteiger partial charge in [0, 0.05) is 6.20 Å². The molecule has 0 bridgehead atoms. The van der Waals surface area contributed by atoms with E-state index in [2.05, 4.69) is 4.98 Å². The number of hydrogen-bond donors (Lipinski definition) is 0. The monoisotopic (exact) mass is 234 g/mol. The van der Waals surface area contributed by atoms with E-state index in [4.69, 9.17) is 16.9 Å². The van der Waals surface area contributed by atoms with Crippen LogP contribution in [0.4, 0.5) is 13.2 Å². The normalized spacial score (nSPS) is 10.9. The molecule has 1 heterocycles. The molecule has 0 radical (unpaired) electrons. The largest absolute Gasteiger partial charge is 0.418 e. The molecule has 0 fully saturated rings. The maximum absolute atomic E-state index is 12.4. The number of aromatic nitrogens is 1. The molecule has 1 aromatic rings. The van der Waals surface area contributed by atoms with Gasteiger partial charge in [-0.15, -0.1) is 0 Å². The van der Waals surface area contributed by atoms with Crippen molar-refractivity contribution in [3.05, 3.63) is 29.1 Å². The molecule has 0 unspecified atom stereocenters. The summed E-state index contributed by atoms with van der Waals surface area (Å²) in [6.45, 7) is 0. The van der Waals surface area contributed by atoms with E-state index in [-0.39, 0.29) is 5.56 Å². The molecule has 0 atom stereocenters. The maximum Gasteiger partial charge on any atom is 0.418 e. The van der Waals surface area contributed by atoms with Gasteiger partial charge >= 0.3 is 6.18 Å². The van der Waals surface area contributed by atoms with Crippen LogP contribution in [0.25, 0.3) is 0 Å². The summed E-state index contributed by atoms with van der Waals surface area (Å²) < 4.78 is 37.1. The Balaban J connectivity index is 3.44. The smallest absolute Gasteiger partial charge is 0.274 e. The number of carbonyl (C=O) groups is 1. The molecule has 0 saturated heterocycles. The minimum Gasteiger partial charge on any atom is -0.274 e. The average Bonchev–Trinajstić information content (AvgIpc) is 2.15. The number of hydrogen-bond acceptors (Lipinski definition) is 3. The molecule has 15 heavy (non-hydrogen) atoms. The summed E-state index contributed by atoms with van der Waals surface area (Å²) in [4.78, 5) is 13.8. The SMILES string of the molecule is N#Cc1cnc(C(=O)Cl)c(C(F)(F)F)c1. The molecule has 0 amide bonds. The van der Waals surface area contributed by atoms with E-state index in [0.29, 0.717) is 6.07 Å². The molecule has 0 aliphatic heterocycles. The van der Waals surface area contributed by atoms with Crippen LogP contribution in [0.5, 0.6) is 0 Å². The quantitative estimate of drug-likeness (QED) is 0.701. The topological polar surface area (TPSA) is 53.8 Å². The van der Waals surface area contributed by atoms with Crippen molar-refractivity contribution >= 4 is 16.8 Å². The van der Waals surface area contributed by atoms with Crippen LogP contribution in [0.15, 0.2) is 12.3 Å².